The van der Waals surface area contributed by atoms with Crippen LogP contribution in [0.3, 0.4) is 0 Å². The van der Waals surface area contributed by atoms with Gasteiger partial charge in [0.15, 0.2) is 6.10 Å². The highest BCUT2D eigenvalue weighted by molar-refractivity contribution is 5.71. The third-order valence-corrected chi connectivity index (χ3v) is 16.4. The highest BCUT2D eigenvalue weighted by Crippen LogP contribution is 2.19. The third-order valence-electron chi connectivity index (χ3n) is 16.4. The van der Waals surface area contributed by atoms with E-state index in [1.165, 1.54) is 289 Å². The zero-order valence-corrected chi connectivity index (χ0v) is 54.1. The van der Waals surface area contributed by atoms with Crippen molar-refractivity contribution < 1.29 is 28.6 Å². The summed E-state index contributed by atoms with van der Waals surface area (Å²) in [7, 11) is 0. The standard InChI is InChI=1S/C74H138O6/c1-4-7-10-13-16-19-22-25-28-30-32-34-35-36-37-38-39-41-42-44-46-49-52-55-58-61-64-67-73(76)79-70-71(69-78-72(75)66-63-60-57-54-51-48-27-24-21-18-15-12-9-6-3)80-74(77)68-65-62-59-56-53-50-47-45-43-40-33-31-29-26-23-20-17-14-11-8-5-2/h22,25,30,32,35-36,71H,4-21,23-24,26-29,31,33-34,37-70H2,1-3H3/b25-22-,32-30-,36-35-. The lowest BCUT2D eigenvalue weighted by molar-refractivity contribution is -0.167. The fraction of sp³-hybridized carbons (Fsp3) is 0.878. The Morgan fingerprint density at radius 3 is 0.700 bits per heavy atom. The maximum Gasteiger partial charge on any atom is 0.306 e. The molecule has 0 fully saturated rings. The molecule has 0 radical (unpaired) electrons. The molecule has 6 heteroatoms. The van der Waals surface area contributed by atoms with Gasteiger partial charge >= 0.3 is 17.9 Å². The van der Waals surface area contributed by atoms with Gasteiger partial charge in [0, 0.05) is 19.3 Å². The predicted molar refractivity (Wildman–Crippen MR) is 349 cm³/mol. The minimum Gasteiger partial charge on any atom is -0.462 e. The first kappa shape index (κ1) is 77.6. The van der Waals surface area contributed by atoms with Crippen LogP contribution in [-0.2, 0) is 28.6 Å². The topological polar surface area (TPSA) is 78.9 Å². The Kier molecular flexibility index (Phi) is 67.1. The Labute approximate surface area is 499 Å². The van der Waals surface area contributed by atoms with Crippen molar-refractivity contribution in [3.8, 4) is 0 Å². The molecule has 0 bridgehead atoms. The number of esters is 3. The molecule has 0 amide bonds. The van der Waals surface area contributed by atoms with E-state index in [2.05, 4.69) is 57.2 Å². The van der Waals surface area contributed by atoms with Crippen molar-refractivity contribution in [3.05, 3.63) is 36.5 Å². The molecule has 0 aromatic rings. The zero-order valence-electron chi connectivity index (χ0n) is 54.1. The molecule has 0 saturated carbocycles. The molecule has 1 unspecified atom stereocenters. The fourth-order valence-electron chi connectivity index (χ4n) is 11.0. The van der Waals surface area contributed by atoms with E-state index in [0.29, 0.717) is 19.3 Å². The monoisotopic (exact) mass is 1120 g/mol. The van der Waals surface area contributed by atoms with Crippen LogP contribution in [0.1, 0.15) is 400 Å². The number of rotatable bonds is 67. The van der Waals surface area contributed by atoms with Crippen LogP contribution in [0.15, 0.2) is 36.5 Å². The summed E-state index contributed by atoms with van der Waals surface area (Å²) in [4.78, 5) is 38.5. The van der Waals surface area contributed by atoms with Crippen molar-refractivity contribution in [1.82, 2.24) is 0 Å². The van der Waals surface area contributed by atoms with Crippen LogP contribution in [-0.4, -0.2) is 37.2 Å². The molecule has 0 aromatic heterocycles. The van der Waals surface area contributed by atoms with Gasteiger partial charge in [-0.2, -0.15) is 0 Å². The largest absolute Gasteiger partial charge is 0.462 e. The number of hydrogen-bond donors (Lipinski definition) is 0. The van der Waals surface area contributed by atoms with Crippen molar-refractivity contribution in [1.29, 1.82) is 0 Å². The average Bonchev–Trinajstić information content (AvgIpc) is 3.46. The van der Waals surface area contributed by atoms with Gasteiger partial charge in [0.2, 0.25) is 0 Å². The highest BCUT2D eigenvalue weighted by Gasteiger charge is 2.19. The summed E-state index contributed by atoms with van der Waals surface area (Å²) >= 11 is 0. The molecule has 80 heavy (non-hydrogen) atoms. The third kappa shape index (κ3) is 66.4. The molecule has 0 aromatic carbocycles. The zero-order chi connectivity index (χ0) is 57.8. The Balaban J connectivity index is 4.24. The number of ether oxygens (including phenoxy) is 3. The average molecular weight is 1120 g/mol. The van der Waals surface area contributed by atoms with Gasteiger partial charge in [-0.3, -0.25) is 14.4 Å². The van der Waals surface area contributed by atoms with E-state index in [-0.39, 0.29) is 31.1 Å². The lowest BCUT2D eigenvalue weighted by Gasteiger charge is -2.18. The Bertz CT molecular complexity index is 1340. The molecular formula is C74H138O6. The van der Waals surface area contributed by atoms with Gasteiger partial charge in [-0.15, -0.1) is 0 Å². The van der Waals surface area contributed by atoms with Crippen LogP contribution >= 0.6 is 0 Å². The van der Waals surface area contributed by atoms with Crippen molar-refractivity contribution >= 4 is 17.9 Å². The van der Waals surface area contributed by atoms with Crippen LogP contribution < -0.4 is 0 Å². The number of carbonyl (C=O) groups excluding carboxylic acids is 3. The van der Waals surface area contributed by atoms with Crippen LogP contribution in [0.5, 0.6) is 0 Å². The van der Waals surface area contributed by atoms with Crippen molar-refractivity contribution in [2.24, 2.45) is 0 Å². The number of unbranched alkanes of at least 4 members (excludes halogenated alkanes) is 50. The fourth-order valence-corrected chi connectivity index (χ4v) is 11.0. The molecular weight excluding hydrogens is 985 g/mol. The van der Waals surface area contributed by atoms with E-state index in [4.69, 9.17) is 14.2 Å². The van der Waals surface area contributed by atoms with Gasteiger partial charge in [-0.1, -0.05) is 359 Å². The van der Waals surface area contributed by atoms with Crippen LogP contribution in [0.4, 0.5) is 0 Å². The van der Waals surface area contributed by atoms with Crippen LogP contribution in [0, 0.1) is 0 Å². The van der Waals surface area contributed by atoms with Crippen LogP contribution in [0.25, 0.3) is 0 Å². The van der Waals surface area contributed by atoms with Crippen LogP contribution in [0.2, 0.25) is 0 Å². The van der Waals surface area contributed by atoms with Gasteiger partial charge in [0.1, 0.15) is 13.2 Å². The van der Waals surface area contributed by atoms with Gasteiger partial charge in [0.05, 0.1) is 0 Å². The minimum absolute atomic E-state index is 0.0658. The predicted octanol–water partition coefficient (Wildman–Crippen LogP) is 24.7. The summed E-state index contributed by atoms with van der Waals surface area (Å²) in [5, 5.41) is 0. The molecule has 0 N–H and O–H groups in total. The Morgan fingerprint density at radius 1 is 0.250 bits per heavy atom. The van der Waals surface area contributed by atoms with Gasteiger partial charge in [-0.05, 0) is 57.8 Å². The van der Waals surface area contributed by atoms with Crippen molar-refractivity contribution in [2.75, 3.05) is 13.2 Å². The molecule has 0 aliphatic heterocycles. The summed E-state index contributed by atoms with van der Waals surface area (Å²) in [6.07, 6.45) is 86.0. The smallest absolute Gasteiger partial charge is 0.306 e. The number of carbonyl (C=O) groups is 3. The molecule has 0 saturated heterocycles. The second kappa shape index (κ2) is 69.1. The molecule has 6 nitrogen and oxygen atoms in total. The molecule has 0 rings (SSSR count). The van der Waals surface area contributed by atoms with Gasteiger partial charge < -0.3 is 14.2 Å². The second-order valence-corrected chi connectivity index (χ2v) is 24.5. The number of allylic oxidation sites excluding steroid dienone is 6. The van der Waals surface area contributed by atoms with E-state index in [1.54, 1.807) is 0 Å². The second-order valence-electron chi connectivity index (χ2n) is 24.5. The van der Waals surface area contributed by atoms with Crippen molar-refractivity contribution in [3.63, 3.8) is 0 Å². The lowest BCUT2D eigenvalue weighted by Crippen LogP contribution is -2.30. The molecule has 0 aliphatic carbocycles. The normalized spacial score (nSPS) is 12.2. The van der Waals surface area contributed by atoms with Gasteiger partial charge in [-0.25, -0.2) is 0 Å². The molecule has 0 spiro atoms. The quantitative estimate of drug-likeness (QED) is 0.0261. The summed E-state index contributed by atoms with van der Waals surface area (Å²) in [6, 6.07) is 0. The molecule has 0 heterocycles. The van der Waals surface area contributed by atoms with Crippen molar-refractivity contribution in [2.45, 2.75) is 406 Å². The molecule has 1 atom stereocenters. The first-order valence-corrected chi connectivity index (χ1v) is 36.0. The highest BCUT2D eigenvalue weighted by atomic mass is 16.6. The van der Waals surface area contributed by atoms with E-state index in [0.717, 1.165) is 70.6 Å². The maximum atomic E-state index is 13.0. The van der Waals surface area contributed by atoms with E-state index in [9.17, 15) is 14.4 Å². The van der Waals surface area contributed by atoms with E-state index >= 15 is 0 Å². The Hall–Kier alpha value is -2.37. The van der Waals surface area contributed by atoms with E-state index in [1.807, 2.05) is 0 Å². The summed E-state index contributed by atoms with van der Waals surface area (Å²) < 4.78 is 17.0. The minimum atomic E-state index is -0.770. The first-order valence-electron chi connectivity index (χ1n) is 36.0. The molecule has 0 aliphatic rings. The Morgan fingerprint density at radius 2 is 0.450 bits per heavy atom. The first-order chi connectivity index (χ1) is 39.5. The molecule has 470 valence electrons. The number of hydrogen-bond acceptors (Lipinski definition) is 6. The summed E-state index contributed by atoms with van der Waals surface area (Å²) in [5.74, 6) is -0.835. The lowest BCUT2D eigenvalue weighted by atomic mass is 10.0. The maximum absolute atomic E-state index is 13.0. The SMILES string of the molecule is CCCCCCC/C=C\C/C=C\C/C=C\CCCCCCCCCCCCCCC(=O)OCC(COC(=O)CCCCCCCCCCCCCCCC)OC(=O)CCCCCCCCCCCCCCCCCCCCCCC. The summed E-state index contributed by atoms with van der Waals surface area (Å²) in [5.41, 5.74) is 0. The summed E-state index contributed by atoms with van der Waals surface area (Å²) in [6.45, 7) is 6.71. The van der Waals surface area contributed by atoms with E-state index < -0.39 is 6.10 Å². The van der Waals surface area contributed by atoms with Gasteiger partial charge in [0.25, 0.3) is 0 Å².